The van der Waals surface area contributed by atoms with Crippen LogP contribution < -0.4 is 9.64 Å². The second kappa shape index (κ2) is 8.12. The summed E-state index contributed by atoms with van der Waals surface area (Å²) in [6.07, 6.45) is 4.55. The molecule has 0 radical (unpaired) electrons. The van der Waals surface area contributed by atoms with Crippen molar-refractivity contribution in [2.45, 2.75) is 18.9 Å². The highest BCUT2D eigenvalue weighted by atomic mass is 19.2. The molecule has 0 spiro atoms. The van der Waals surface area contributed by atoms with Gasteiger partial charge in [-0.15, -0.1) is 0 Å². The fourth-order valence-corrected chi connectivity index (χ4v) is 4.26. The lowest BCUT2D eigenvalue weighted by Crippen LogP contribution is -2.29. The smallest absolute Gasteiger partial charge is 0.300 e. The van der Waals surface area contributed by atoms with Crippen molar-refractivity contribution in [3.05, 3.63) is 94.8 Å². The second-order valence-corrected chi connectivity index (χ2v) is 7.82. The Bertz CT molecular complexity index is 1310. The van der Waals surface area contributed by atoms with E-state index >= 15 is 0 Å². The molecule has 1 fully saturated rings. The number of ether oxygens (including phenoxy) is 1. The maximum absolute atomic E-state index is 14.0. The first-order valence-electron chi connectivity index (χ1n) is 10.4. The number of pyridine rings is 1. The quantitative estimate of drug-likeness (QED) is 0.367. The molecule has 33 heavy (non-hydrogen) atoms. The van der Waals surface area contributed by atoms with E-state index in [1.807, 2.05) is 0 Å². The standard InChI is InChI=1S/C25H18F2N2O4/c26-18-5-4-17(13-19(18)27)29-22(14-7-9-28-10-8-14)21(24(31)25(29)32)23(30)16-3-6-20-15(12-16)2-1-11-33-20/h3-10,12-13,22,30H,1-2,11H2/b23-21-. The van der Waals surface area contributed by atoms with Gasteiger partial charge in [0.05, 0.1) is 18.2 Å². The molecule has 5 rings (SSSR count). The van der Waals surface area contributed by atoms with Gasteiger partial charge in [-0.25, -0.2) is 8.78 Å². The summed E-state index contributed by atoms with van der Waals surface area (Å²) in [7, 11) is 0. The van der Waals surface area contributed by atoms with Crippen LogP contribution in [0.1, 0.15) is 29.2 Å². The van der Waals surface area contributed by atoms with Gasteiger partial charge in [0.2, 0.25) is 0 Å². The van der Waals surface area contributed by atoms with E-state index in [-0.39, 0.29) is 17.0 Å². The van der Waals surface area contributed by atoms with Crippen LogP contribution in [0.15, 0.2) is 66.5 Å². The Hall–Kier alpha value is -4.07. The lowest BCUT2D eigenvalue weighted by Gasteiger charge is -2.25. The van der Waals surface area contributed by atoms with Crippen molar-refractivity contribution in [1.29, 1.82) is 0 Å². The molecule has 1 atom stereocenters. The number of hydrogen-bond acceptors (Lipinski definition) is 5. The summed E-state index contributed by atoms with van der Waals surface area (Å²) >= 11 is 0. The summed E-state index contributed by atoms with van der Waals surface area (Å²) in [5.74, 6) is -3.75. The summed E-state index contributed by atoms with van der Waals surface area (Å²) in [5, 5.41) is 11.2. The Balaban J connectivity index is 1.69. The van der Waals surface area contributed by atoms with E-state index in [9.17, 15) is 23.5 Å². The van der Waals surface area contributed by atoms with Crippen LogP contribution in [-0.2, 0) is 16.0 Å². The molecule has 0 aliphatic carbocycles. The van der Waals surface area contributed by atoms with Gasteiger partial charge in [0.1, 0.15) is 11.5 Å². The molecule has 2 aliphatic heterocycles. The number of aryl methyl sites for hydroxylation is 1. The number of aromatic nitrogens is 1. The van der Waals surface area contributed by atoms with E-state index in [1.54, 1.807) is 30.3 Å². The summed E-state index contributed by atoms with van der Waals surface area (Å²) in [4.78, 5) is 31.2. The number of ketones is 1. The Labute approximate surface area is 187 Å². The molecule has 1 unspecified atom stereocenters. The molecule has 8 heteroatoms. The van der Waals surface area contributed by atoms with E-state index in [1.165, 1.54) is 18.5 Å². The number of aliphatic hydroxyl groups excluding tert-OH is 1. The topological polar surface area (TPSA) is 79.7 Å². The normalized spacial score (nSPS) is 19.3. The van der Waals surface area contributed by atoms with Gasteiger partial charge in [-0.2, -0.15) is 0 Å². The van der Waals surface area contributed by atoms with Crippen LogP contribution in [0.3, 0.4) is 0 Å². The minimum Gasteiger partial charge on any atom is -0.507 e. The van der Waals surface area contributed by atoms with Gasteiger partial charge >= 0.3 is 0 Å². The van der Waals surface area contributed by atoms with Crippen molar-refractivity contribution in [2.24, 2.45) is 0 Å². The number of aliphatic hydroxyl groups is 1. The Kier molecular flexibility index (Phi) is 5.12. The first-order chi connectivity index (χ1) is 16.0. The fourth-order valence-electron chi connectivity index (χ4n) is 4.26. The third-order valence-corrected chi connectivity index (χ3v) is 5.83. The summed E-state index contributed by atoms with van der Waals surface area (Å²) in [6.45, 7) is 0.611. The number of benzene rings is 2. The minimum atomic E-state index is -1.16. The van der Waals surface area contributed by atoms with Crippen molar-refractivity contribution < 1.29 is 28.2 Å². The highest BCUT2D eigenvalue weighted by Crippen LogP contribution is 2.42. The van der Waals surface area contributed by atoms with E-state index in [2.05, 4.69) is 4.98 Å². The van der Waals surface area contributed by atoms with E-state index < -0.39 is 29.4 Å². The Morgan fingerprint density at radius 3 is 2.58 bits per heavy atom. The van der Waals surface area contributed by atoms with Crippen LogP contribution in [0.5, 0.6) is 5.75 Å². The van der Waals surface area contributed by atoms with Crippen molar-refractivity contribution in [3.63, 3.8) is 0 Å². The van der Waals surface area contributed by atoms with Crippen molar-refractivity contribution in [3.8, 4) is 5.75 Å². The Morgan fingerprint density at radius 2 is 1.82 bits per heavy atom. The lowest BCUT2D eigenvalue weighted by atomic mass is 9.94. The number of halogens is 2. The predicted octanol–water partition coefficient (Wildman–Crippen LogP) is 4.31. The number of carbonyl (C=O) groups excluding carboxylic acids is 2. The van der Waals surface area contributed by atoms with Gasteiger partial charge in [0.15, 0.2) is 11.6 Å². The van der Waals surface area contributed by atoms with Gasteiger partial charge in [-0.05, 0) is 66.4 Å². The van der Waals surface area contributed by atoms with E-state index in [4.69, 9.17) is 4.74 Å². The molecule has 6 nitrogen and oxygen atoms in total. The minimum absolute atomic E-state index is 0.00398. The molecule has 1 amide bonds. The highest BCUT2D eigenvalue weighted by molar-refractivity contribution is 6.51. The molecule has 1 saturated heterocycles. The molecular weight excluding hydrogens is 430 g/mol. The summed E-state index contributed by atoms with van der Waals surface area (Å²) in [5.41, 5.74) is 1.59. The number of carbonyl (C=O) groups is 2. The molecule has 3 aromatic rings. The van der Waals surface area contributed by atoms with Crippen LogP contribution >= 0.6 is 0 Å². The maximum atomic E-state index is 14.0. The lowest BCUT2D eigenvalue weighted by molar-refractivity contribution is -0.132. The number of anilines is 1. The first-order valence-corrected chi connectivity index (χ1v) is 10.4. The SMILES string of the molecule is O=C1C(=O)N(c2ccc(F)c(F)c2)C(c2ccncc2)/C1=C(/O)c1ccc2c(c1)CCCO2. The molecule has 0 saturated carbocycles. The number of hydrogen-bond donors (Lipinski definition) is 1. The van der Waals surface area contributed by atoms with Gasteiger partial charge in [-0.3, -0.25) is 19.5 Å². The van der Waals surface area contributed by atoms with Crippen LogP contribution in [0.2, 0.25) is 0 Å². The average molecular weight is 448 g/mol. The number of amides is 1. The van der Waals surface area contributed by atoms with Gasteiger partial charge < -0.3 is 9.84 Å². The van der Waals surface area contributed by atoms with Gasteiger partial charge in [-0.1, -0.05) is 0 Å². The third kappa shape index (κ3) is 3.53. The first kappa shape index (κ1) is 20.8. The molecule has 2 aromatic carbocycles. The number of fused-ring (bicyclic) bond motifs is 1. The summed E-state index contributed by atoms with van der Waals surface area (Å²) in [6, 6.07) is 10.2. The second-order valence-electron chi connectivity index (χ2n) is 7.82. The molecule has 3 heterocycles. The zero-order chi connectivity index (χ0) is 23.1. The van der Waals surface area contributed by atoms with Crippen molar-refractivity contribution in [1.82, 2.24) is 4.98 Å². The molecular formula is C25H18F2N2O4. The fraction of sp³-hybridized carbons (Fsp3) is 0.160. The predicted molar refractivity (Wildman–Crippen MR) is 116 cm³/mol. The molecule has 166 valence electrons. The van der Waals surface area contributed by atoms with E-state index in [0.29, 0.717) is 23.5 Å². The van der Waals surface area contributed by atoms with Crippen LogP contribution in [0.4, 0.5) is 14.5 Å². The summed E-state index contributed by atoms with van der Waals surface area (Å²) < 4.78 is 33.1. The number of nitrogens with zero attached hydrogens (tertiary/aromatic N) is 2. The zero-order valence-electron chi connectivity index (χ0n) is 17.3. The monoisotopic (exact) mass is 448 g/mol. The van der Waals surface area contributed by atoms with Crippen LogP contribution in [0, 0.1) is 11.6 Å². The van der Waals surface area contributed by atoms with Crippen molar-refractivity contribution in [2.75, 3.05) is 11.5 Å². The van der Waals surface area contributed by atoms with Crippen molar-refractivity contribution >= 4 is 23.1 Å². The molecule has 1 N–H and O–H groups in total. The van der Waals surface area contributed by atoms with Gasteiger partial charge in [0, 0.05) is 29.7 Å². The zero-order valence-corrected chi connectivity index (χ0v) is 17.3. The highest BCUT2D eigenvalue weighted by Gasteiger charge is 2.47. The Morgan fingerprint density at radius 1 is 1.03 bits per heavy atom. The molecule has 0 bridgehead atoms. The van der Waals surface area contributed by atoms with Crippen LogP contribution in [0.25, 0.3) is 5.76 Å². The third-order valence-electron chi connectivity index (χ3n) is 5.83. The number of rotatable bonds is 3. The number of Topliss-reactive ketones (excluding diaryl/α,β-unsaturated/α-hetero) is 1. The largest absolute Gasteiger partial charge is 0.507 e. The molecule has 2 aliphatic rings. The average Bonchev–Trinajstić information content (AvgIpc) is 3.11. The van der Waals surface area contributed by atoms with Gasteiger partial charge in [0.25, 0.3) is 11.7 Å². The van der Waals surface area contributed by atoms with Crippen LogP contribution in [-0.4, -0.2) is 28.4 Å². The maximum Gasteiger partial charge on any atom is 0.300 e. The van der Waals surface area contributed by atoms with E-state index in [0.717, 1.165) is 35.4 Å². The molecule has 1 aromatic heterocycles.